The van der Waals surface area contributed by atoms with Gasteiger partial charge in [0.15, 0.2) is 5.69 Å². The molecule has 1 aromatic carbocycles. The van der Waals surface area contributed by atoms with Gasteiger partial charge in [-0.1, -0.05) is 12.1 Å². The molecule has 1 fully saturated rings. The smallest absolute Gasteiger partial charge is 0.358 e. The third-order valence-electron chi connectivity index (χ3n) is 4.50. The van der Waals surface area contributed by atoms with Crippen molar-refractivity contribution < 1.29 is 14.3 Å². The largest absolute Gasteiger partial charge is 0.461 e. The van der Waals surface area contributed by atoms with Crippen LogP contribution in [0.2, 0.25) is 0 Å². The van der Waals surface area contributed by atoms with Crippen LogP contribution in [-0.4, -0.2) is 39.5 Å². The van der Waals surface area contributed by atoms with Crippen LogP contribution >= 0.6 is 0 Å². The number of aromatic nitrogens is 2. The number of fused-ring (bicyclic) bond motifs is 5. The number of carbonyl (C=O) groups is 2. The van der Waals surface area contributed by atoms with Crippen LogP contribution in [-0.2, 0) is 4.74 Å². The molecule has 2 aliphatic heterocycles. The summed E-state index contributed by atoms with van der Waals surface area (Å²) < 4.78 is 7.01. The molecule has 0 N–H and O–H groups in total. The highest BCUT2D eigenvalue weighted by Crippen LogP contribution is 2.39. The van der Waals surface area contributed by atoms with E-state index in [2.05, 4.69) is 4.98 Å². The number of ether oxygens (including phenoxy) is 1. The minimum Gasteiger partial charge on any atom is -0.461 e. The number of hydrogen-bond acceptors (Lipinski definition) is 4. The maximum Gasteiger partial charge on any atom is 0.358 e. The van der Waals surface area contributed by atoms with Gasteiger partial charge in [0.05, 0.1) is 29.6 Å². The van der Waals surface area contributed by atoms with Crippen molar-refractivity contribution >= 4 is 11.9 Å². The standard InChI is InChI=1S/C17H17N3O3/c1-2-23-17(22)14-15-13-8-5-9-19(13)16(21)11-6-3-4-7-12(11)20(15)10-18-14/h3-4,6-7,10,13H,2,5,8-9H2,1H3. The molecule has 118 valence electrons. The van der Waals surface area contributed by atoms with E-state index in [0.29, 0.717) is 24.4 Å². The number of carbonyl (C=O) groups excluding carboxylic acids is 2. The number of nitrogens with zero attached hydrogens (tertiary/aromatic N) is 3. The molecule has 6 heteroatoms. The zero-order valence-corrected chi connectivity index (χ0v) is 12.9. The molecule has 0 spiro atoms. The number of benzene rings is 1. The predicted octanol–water partition coefficient (Wildman–Crippen LogP) is 2.34. The molecule has 0 bridgehead atoms. The zero-order valence-electron chi connectivity index (χ0n) is 12.9. The fourth-order valence-corrected chi connectivity index (χ4v) is 3.54. The molecule has 1 unspecified atom stereocenters. The lowest BCUT2D eigenvalue weighted by molar-refractivity contribution is 0.0513. The average Bonchev–Trinajstić information content (AvgIpc) is 3.19. The number of para-hydroxylation sites is 1. The minimum absolute atomic E-state index is 0.0154. The fraction of sp³-hybridized carbons (Fsp3) is 0.353. The highest BCUT2D eigenvalue weighted by molar-refractivity contribution is 5.99. The Labute approximate surface area is 133 Å². The van der Waals surface area contributed by atoms with Crippen LogP contribution in [0.4, 0.5) is 0 Å². The molecule has 1 aromatic heterocycles. The maximum atomic E-state index is 12.9. The highest BCUT2D eigenvalue weighted by atomic mass is 16.5. The molecule has 3 heterocycles. The molecular weight excluding hydrogens is 294 g/mol. The van der Waals surface area contributed by atoms with Crippen LogP contribution in [0.15, 0.2) is 30.6 Å². The van der Waals surface area contributed by atoms with Crippen molar-refractivity contribution in [3.05, 3.63) is 47.5 Å². The third kappa shape index (κ3) is 1.98. The second-order valence-electron chi connectivity index (χ2n) is 5.74. The van der Waals surface area contributed by atoms with Crippen molar-refractivity contribution in [2.45, 2.75) is 25.8 Å². The van der Waals surface area contributed by atoms with Crippen LogP contribution in [0.1, 0.15) is 52.3 Å². The van der Waals surface area contributed by atoms with Crippen LogP contribution in [0.3, 0.4) is 0 Å². The summed E-state index contributed by atoms with van der Waals surface area (Å²) in [4.78, 5) is 31.3. The summed E-state index contributed by atoms with van der Waals surface area (Å²) in [6.45, 7) is 2.77. The Hall–Kier alpha value is -2.63. The van der Waals surface area contributed by atoms with E-state index in [1.165, 1.54) is 0 Å². The molecule has 23 heavy (non-hydrogen) atoms. The van der Waals surface area contributed by atoms with Gasteiger partial charge in [0.2, 0.25) is 0 Å². The summed E-state index contributed by atoms with van der Waals surface area (Å²) in [5.74, 6) is -0.415. The van der Waals surface area contributed by atoms with Gasteiger partial charge in [0.25, 0.3) is 5.91 Å². The highest BCUT2D eigenvalue weighted by Gasteiger charge is 2.40. The number of esters is 1. The lowest BCUT2D eigenvalue weighted by Crippen LogP contribution is -2.30. The monoisotopic (exact) mass is 311 g/mol. The van der Waals surface area contributed by atoms with Gasteiger partial charge in [-0.15, -0.1) is 0 Å². The third-order valence-corrected chi connectivity index (χ3v) is 4.50. The van der Waals surface area contributed by atoms with Crippen LogP contribution in [0.5, 0.6) is 0 Å². The molecular formula is C17H17N3O3. The first-order valence-electron chi connectivity index (χ1n) is 7.87. The van der Waals surface area contributed by atoms with Gasteiger partial charge in [-0.2, -0.15) is 0 Å². The van der Waals surface area contributed by atoms with Crippen LogP contribution < -0.4 is 0 Å². The molecule has 4 rings (SSSR count). The van der Waals surface area contributed by atoms with Gasteiger partial charge in [-0.05, 0) is 31.9 Å². The first-order valence-corrected chi connectivity index (χ1v) is 7.87. The molecule has 0 aliphatic carbocycles. The Kier molecular flexibility index (Phi) is 3.18. The molecule has 2 aliphatic rings. The Morgan fingerprint density at radius 2 is 2.22 bits per heavy atom. The number of rotatable bonds is 2. The Balaban J connectivity index is 1.96. The Bertz CT molecular complexity index is 796. The minimum atomic E-state index is -0.431. The van der Waals surface area contributed by atoms with E-state index >= 15 is 0 Å². The average molecular weight is 311 g/mol. The summed E-state index contributed by atoms with van der Waals surface area (Å²) in [7, 11) is 0. The van der Waals surface area contributed by atoms with E-state index in [9.17, 15) is 9.59 Å². The summed E-state index contributed by atoms with van der Waals surface area (Å²) >= 11 is 0. The van der Waals surface area contributed by atoms with Gasteiger partial charge in [0, 0.05) is 6.54 Å². The van der Waals surface area contributed by atoms with Gasteiger partial charge in [-0.25, -0.2) is 9.78 Å². The summed E-state index contributed by atoms with van der Waals surface area (Å²) in [5, 5.41) is 0. The molecule has 2 aromatic rings. The molecule has 6 nitrogen and oxygen atoms in total. The SMILES string of the molecule is CCOC(=O)c1ncn2c1C1CCCN1C(=O)c1ccccc1-2. The molecule has 0 radical (unpaired) electrons. The first-order chi connectivity index (χ1) is 11.2. The van der Waals surface area contributed by atoms with Crippen molar-refractivity contribution in [1.29, 1.82) is 0 Å². The topological polar surface area (TPSA) is 64.4 Å². The quantitative estimate of drug-likeness (QED) is 0.799. The fourth-order valence-electron chi connectivity index (χ4n) is 3.54. The summed E-state index contributed by atoms with van der Waals surface area (Å²) in [6.07, 6.45) is 3.37. The summed E-state index contributed by atoms with van der Waals surface area (Å²) in [5.41, 5.74) is 2.49. The zero-order chi connectivity index (χ0) is 16.0. The van der Waals surface area contributed by atoms with Gasteiger partial charge in [-0.3, -0.25) is 9.36 Å². The molecule has 1 atom stereocenters. The van der Waals surface area contributed by atoms with Crippen LogP contribution in [0, 0.1) is 0 Å². The van der Waals surface area contributed by atoms with E-state index in [4.69, 9.17) is 4.74 Å². The number of imidazole rings is 1. The van der Waals surface area contributed by atoms with Gasteiger partial charge in [0.1, 0.15) is 6.33 Å². The van der Waals surface area contributed by atoms with Gasteiger partial charge >= 0.3 is 5.97 Å². The van der Waals surface area contributed by atoms with Crippen molar-refractivity contribution in [2.24, 2.45) is 0 Å². The van der Waals surface area contributed by atoms with E-state index in [-0.39, 0.29) is 11.9 Å². The molecule has 1 saturated heterocycles. The Morgan fingerprint density at radius 1 is 1.39 bits per heavy atom. The van der Waals surface area contributed by atoms with Crippen molar-refractivity contribution in [3.8, 4) is 5.69 Å². The van der Waals surface area contributed by atoms with E-state index < -0.39 is 5.97 Å². The predicted molar refractivity (Wildman–Crippen MR) is 82.5 cm³/mol. The van der Waals surface area contributed by atoms with E-state index in [0.717, 1.165) is 24.2 Å². The lowest BCUT2D eigenvalue weighted by Gasteiger charge is -2.22. The van der Waals surface area contributed by atoms with E-state index in [1.807, 2.05) is 33.7 Å². The number of amides is 1. The number of hydrogen-bond donors (Lipinski definition) is 0. The lowest BCUT2D eigenvalue weighted by atomic mass is 10.1. The van der Waals surface area contributed by atoms with E-state index in [1.54, 1.807) is 13.3 Å². The second-order valence-corrected chi connectivity index (χ2v) is 5.74. The normalized spacial score (nSPS) is 18.9. The summed E-state index contributed by atoms with van der Waals surface area (Å²) in [6, 6.07) is 7.32. The maximum absolute atomic E-state index is 12.9. The van der Waals surface area contributed by atoms with Gasteiger partial charge < -0.3 is 9.64 Å². The van der Waals surface area contributed by atoms with Crippen LogP contribution in [0.25, 0.3) is 5.69 Å². The molecule has 1 amide bonds. The van der Waals surface area contributed by atoms with Crippen molar-refractivity contribution in [2.75, 3.05) is 13.2 Å². The second kappa shape index (κ2) is 5.22. The van der Waals surface area contributed by atoms with Crippen molar-refractivity contribution in [3.63, 3.8) is 0 Å². The molecule has 0 saturated carbocycles. The van der Waals surface area contributed by atoms with Crippen molar-refractivity contribution in [1.82, 2.24) is 14.5 Å². The first kappa shape index (κ1) is 14.0. The Morgan fingerprint density at radius 3 is 3.04 bits per heavy atom.